The number of hydrogen-bond donors (Lipinski definition) is 0. The molecule has 3 heterocycles. The Morgan fingerprint density at radius 2 is 1.46 bits per heavy atom. The van der Waals surface area contributed by atoms with E-state index in [1.54, 1.807) is 0 Å². The van der Waals surface area contributed by atoms with Crippen LogP contribution in [-0.4, -0.2) is 17.4 Å². The SMILES string of the molecule is C/C=C(\N=C(C)C)c1ccc2c(c1)Oc1cccc3c1B2c1ccc(-c2cccc(C)n2)cc1O3.CC. The molecule has 0 bridgehead atoms. The largest absolute Gasteiger partial charge is 0.458 e. The molecule has 5 heteroatoms. The first-order chi connectivity index (χ1) is 18.0. The molecule has 4 nitrogen and oxygen atoms in total. The van der Waals surface area contributed by atoms with Crippen molar-refractivity contribution in [2.45, 2.75) is 41.5 Å². The zero-order valence-electron chi connectivity index (χ0n) is 22.3. The van der Waals surface area contributed by atoms with Gasteiger partial charge in [0.05, 0.1) is 11.4 Å². The minimum Gasteiger partial charge on any atom is -0.458 e. The van der Waals surface area contributed by atoms with E-state index < -0.39 is 0 Å². The summed E-state index contributed by atoms with van der Waals surface area (Å²) in [6.45, 7) is 12.1. The van der Waals surface area contributed by atoms with Crippen molar-refractivity contribution in [3.63, 3.8) is 0 Å². The summed E-state index contributed by atoms with van der Waals surface area (Å²) >= 11 is 0. The van der Waals surface area contributed by atoms with Crippen molar-refractivity contribution in [1.82, 2.24) is 4.98 Å². The van der Waals surface area contributed by atoms with Crippen LogP contribution in [0.5, 0.6) is 23.0 Å². The molecule has 0 unspecified atom stereocenters. The van der Waals surface area contributed by atoms with Crippen LogP contribution in [0.2, 0.25) is 0 Å². The highest BCUT2D eigenvalue weighted by molar-refractivity contribution is 6.98. The number of aryl methyl sites for hydroxylation is 1. The van der Waals surface area contributed by atoms with E-state index in [1.807, 2.05) is 84.0 Å². The van der Waals surface area contributed by atoms with E-state index in [1.165, 1.54) is 0 Å². The molecule has 3 aromatic carbocycles. The number of nitrogens with zero attached hydrogens (tertiary/aromatic N) is 2. The van der Waals surface area contributed by atoms with Crippen molar-refractivity contribution in [2.75, 3.05) is 0 Å². The van der Waals surface area contributed by atoms with Crippen molar-refractivity contribution in [3.8, 4) is 34.3 Å². The first-order valence-corrected chi connectivity index (χ1v) is 12.9. The van der Waals surface area contributed by atoms with E-state index in [4.69, 9.17) is 19.5 Å². The lowest BCUT2D eigenvalue weighted by Gasteiger charge is -2.33. The van der Waals surface area contributed by atoms with Gasteiger partial charge in [0.15, 0.2) is 0 Å². The highest BCUT2D eigenvalue weighted by Crippen LogP contribution is 2.36. The predicted octanol–water partition coefficient (Wildman–Crippen LogP) is 6.65. The first kappa shape index (κ1) is 24.6. The van der Waals surface area contributed by atoms with Crippen molar-refractivity contribution >= 4 is 34.5 Å². The third kappa shape index (κ3) is 4.46. The molecule has 0 aliphatic carbocycles. The lowest BCUT2D eigenvalue weighted by molar-refractivity contribution is 0.464. The van der Waals surface area contributed by atoms with Crippen molar-refractivity contribution in [2.24, 2.45) is 4.99 Å². The standard InChI is InChI=1S/C30H25BN2O2.C2H6/c1-5-24(32-18(2)3)20-12-14-22-28(16-20)34-26-10-7-11-27-30(26)31(22)23-15-13-21(17-29(23)35-27)25-9-6-8-19(4)33-25;1-2/h5-17H,1-4H3;1-2H3/b24-5-;. The molecule has 1 aromatic heterocycles. The summed E-state index contributed by atoms with van der Waals surface area (Å²) in [5, 5.41) is 0. The molecule has 0 saturated heterocycles. The second kappa shape index (κ2) is 10.1. The molecule has 4 aromatic rings. The second-order valence-electron chi connectivity index (χ2n) is 9.21. The fourth-order valence-electron chi connectivity index (χ4n) is 4.98. The van der Waals surface area contributed by atoms with Crippen LogP contribution in [0.4, 0.5) is 0 Å². The Morgan fingerprint density at radius 3 is 2.11 bits per heavy atom. The van der Waals surface area contributed by atoms with E-state index in [-0.39, 0.29) is 6.71 Å². The van der Waals surface area contributed by atoms with Gasteiger partial charge in [-0.1, -0.05) is 56.3 Å². The smallest absolute Gasteiger partial charge is 0.260 e. The summed E-state index contributed by atoms with van der Waals surface area (Å²) in [6.07, 6.45) is 2.04. The van der Waals surface area contributed by atoms with Crippen LogP contribution in [0.3, 0.4) is 0 Å². The van der Waals surface area contributed by atoms with Gasteiger partial charge in [-0.25, -0.2) is 0 Å². The van der Waals surface area contributed by atoms with Crippen LogP contribution in [0.25, 0.3) is 17.0 Å². The Labute approximate surface area is 219 Å². The van der Waals surface area contributed by atoms with Crippen LogP contribution < -0.4 is 25.9 Å². The number of aliphatic imine (C=N–C) groups is 1. The maximum absolute atomic E-state index is 6.42. The second-order valence-corrected chi connectivity index (χ2v) is 9.21. The van der Waals surface area contributed by atoms with Crippen LogP contribution in [0, 0.1) is 6.92 Å². The molecule has 2 aliphatic rings. The van der Waals surface area contributed by atoms with Gasteiger partial charge in [-0.05, 0) is 75.0 Å². The number of pyridine rings is 1. The zero-order valence-corrected chi connectivity index (χ0v) is 22.3. The van der Waals surface area contributed by atoms with Crippen molar-refractivity contribution in [3.05, 3.63) is 90.1 Å². The molecule has 0 N–H and O–H groups in total. The number of fused-ring (bicyclic) bond motifs is 4. The van der Waals surface area contributed by atoms with Crippen LogP contribution >= 0.6 is 0 Å². The topological polar surface area (TPSA) is 43.7 Å². The van der Waals surface area contributed by atoms with Gasteiger partial charge < -0.3 is 9.47 Å². The fourth-order valence-corrected chi connectivity index (χ4v) is 4.98. The molecular formula is C32H31BN2O2. The minimum atomic E-state index is 0.0349. The van der Waals surface area contributed by atoms with Crippen LogP contribution in [0.15, 0.2) is 83.9 Å². The number of rotatable bonds is 3. The number of hydrogen-bond acceptors (Lipinski definition) is 4. The molecule has 2 aliphatic heterocycles. The number of ether oxygens (including phenoxy) is 2. The lowest BCUT2D eigenvalue weighted by atomic mass is 9.35. The highest BCUT2D eigenvalue weighted by Gasteiger charge is 2.40. The first-order valence-electron chi connectivity index (χ1n) is 12.9. The summed E-state index contributed by atoms with van der Waals surface area (Å²) in [4.78, 5) is 9.40. The Balaban J connectivity index is 0.00000137. The summed E-state index contributed by atoms with van der Waals surface area (Å²) in [6, 6.07) is 24.9. The lowest BCUT2D eigenvalue weighted by Crippen LogP contribution is -2.57. The van der Waals surface area contributed by atoms with Gasteiger partial charge in [-0.2, -0.15) is 0 Å². The van der Waals surface area contributed by atoms with Crippen LogP contribution in [-0.2, 0) is 0 Å². The predicted molar refractivity (Wildman–Crippen MR) is 156 cm³/mol. The maximum atomic E-state index is 6.42. The zero-order chi connectivity index (χ0) is 26.1. The summed E-state index contributed by atoms with van der Waals surface area (Å²) in [5.74, 6) is 3.39. The van der Waals surface area contributed by atoms with E-state index in [0.717, 1.165) is 73.3 Å². The summed E-state index contributed by atoms with van der Waals surface area (Å²) in [5.41, 5.74) is 9.32. The van der Waals surface area contributed by atoms with Gasteiger partial charge in [-0.15, -0.1) is 0 Å². The average molecular weight is 486 g/mol. The van der Waals surface area contributed by atoms with Gasteiger partial charge in [0.2, 0.25) is 0 Å². The Bertz CT molecular complexity index is 1550. The summed E-state index contributed by atoms with van der Waals surface area (Å²) < 4.78 is 12.8. The summed E-state index contributed by atoms with van der Waals surface area (Å²) in [7, 11) is 0. The molecule has 0 saturated carbocycles. The quantitative estimate of drug-likeness (QED) is 0.208. The van der Waals surface area contributed by atoms with E-state index >= 15 is 0 Å². The molecule has 0 amide bonds. The van der Waals surface area contributed by atoms with E-state index in [9.17, 15) is 0 Å². The number of aromatic nitrogens is 1. The van der Waals surface area contributed by atoms with Gasteiger partial charge in [0.1, 0.15) is 23.0 Å². The van der Waals surface area contributed by atoms with Crippen molar-refractivity contribution < 1.29 is 9.47 Å². The van der Waals surface area contributed by atoms with E-state index in [2.05, 4.69) is 36.4 Å². The fraction of sp³-hybridized carbons (Fsp3) is 0.188. The molecule has 6 rings (SSSR count). The third-order valence-electron chi connectivity index (χ3n) is 6.50. The van der Waals surface area contributed by atoms with Gasteiger partial charge in [-0.3, -0.25) is 9.98 Å². The molecule has 0 fully saturated rings. The average Bonchev–Trinajstić information content (AvgIpc) is 2.92. The maximum Gasteiger partial charge on any atom is 0.260 e. The molecular weight excluding hydrogens is 455 g/mol. The molecule has 184 valence electrons. The number of allylic oxidation sites excluding steroid dienone is 1. The Kier molecular flexibility index (Phi) is 6.71. The van der Waals surface area contributed by atoms with Crippen molar-refractivity contribution in [1.29, 1.82) is 0 Å². The molecule has 37 heavy (non-hydrogen) atoms. The van der Waals surface area contributed by atoms with Crippen LogP contribution in [0.1, 0.15) is 45.9 Å². The third-order valence-corrected chi connectivity index (χ3v) is 6.50. The van der Waals surface area contributed by atoms with Gasteiger partial charge >= 0.3 is 0 Å². The monoisotopic (exact) mass is 486 g/mol. The van der Waals surface area contributed by atoms with E-state index in [0.29, 0.717) is 0 Å². The normalized spacial score (nSPS) is 12.6. The highest BCUT2D eigenvalue weighted by atomic mass is 16.5. The number of benzene rings is 3. The Morgan fingerprint density at radius 1 is 0.811 bits per heavy atom. The minimum absolute atomic E-state index is 0.0349. The van der Waals surface area contributed by atoms with Gasteiger partial charge in [0.25, 0.3) is 6.71 Å². The Hall–Kier alpha value is -4.12. The molecule has 0 atom stereocenters. The molecule has 0 radical (unpaired) electrons. The van der Waals surface area contributed by atoms with Gasteiger partial charge in [0, 0.05) is 28.0 Å². The molecule has 0 spiro atoms.